The zero-order chi connectivity index (χ0) is 37.2. The summed E-state index contributed by atoms with van der Waals surface area (Å²) >= 11 is 0. The quantitative estimate of drug-likeness (QED) is 0.156. The minimum Gasteiger partial charge on any atom is -0.502 e. The monoisotopic (exact) mass is 709 g/mol. The Balaban J connectivity index is 1.34. The molecule has 53 heavy (non-hydrogen) atoms. The molecule has 3 fully saturated rings. The molecule has 10 nitrogen and oxygen atoms in total. The lowest BCUT2D eigenvalue weighted by molar-refractivity contribution is -0.138. The van der Waals surface area contributed by atoms with Crippen molar-refractivity contribution >= 4 is 41.1 Å². The standard InChI is InChI=1S/C43H39N3O7/c1-5-25-13-17-29(18-14-25)45-39(48)31-20-19-30-32(36(31)41(45)50)23-33-40(49)46(44-28-15-11-24(2)12-16-28)42(51)43(33,27-9-7-6-8-10-27)37(30)26-21-34(52-3)38(47)35(22-26)53-4/h5-19,21-22,31-33,36-37,44,47H,1,20,23H2,2-4H3/t31-,32+,33-,36-,37-,43+/m0/s1. The van der Waals surface area contributed by atoms with Crippen LogP contribution in [0.4, 0.5) is 11.4 Å². The fraction of sp³-hybridized carbons (Fsp3) is 0.256. The Kier molecular flexibility index (Phi) is 8.20. The topological polar surface area (TPSA) is 125 Å². The lowest BCUT2D eigenvalue weighted by Crippen LogP contribution is -2.53. The van der Waals surface area contributed by atoms with Gasteiger partial charge in [-0.3, -0.25) is 29.5 Å². The van der Waals surface area contributed by atoms with Crippen LogP contribution in [0.3, 0.4) is 0 Å². The molecule has 4 aromatic carbocycles. The van der Waals surface area contributed by atoms with Gasteiger partial charge in [0.1, 0.15) is 0 Å². The predicted octanol–water partition coefficient (Wildman–Crippen LogP) is 6.55. The van der Waals surface area contributed by atoms with Gasteiger partial charge in [0.2, 0.25) is 17.6 Å². The number of rotatable bonds is 8. The summed E-state index contributed by atoms with van der Waals surface area (Å²) in [5, 5.41) is 12.1. The second kappa shape index (κ2) is 12.8. The molecule has 0 spiro atoms. The minimum absolute atomic E-state index is 0.128. The van der Waals surface area contributed by atoms with Crippen molar-refractivity contribution in [3.8, 4) is 17.2 Å². The third-order valence-corrected chi connectivity index (χ3v) is 11.6. The van der Waals surface area contributed by atoms with Gasteiger partial charge in [0, 0.05) is 5.92 Å². The van der Waals surface area contributed by atoms with Crippen molar-refractivity contribution in [1.29, 1.82) is 0 Å². The first kappa shape index (κ1) is 34.0. The maximum Gasteiger partial charge on any atom is 0.260 e. The number of ether oxygens (including phenoxy) is 2. The van der Waals surface area contributed by atoms with Crippen LogP contribution < -0.4 is 19.8 Å². The van der Waals surface area contributed by atoms with Gasteiger partial charge in [-0.05, 0) is 78.8 Å². The Labute approximate surface area is 307 Å². The average Bonchev–Trinajstić information content (AvgIpc) is 3.56. The van der Waals surface area contributed by atoms with Crippen LogP contribution in [0.2, 0.25) is 0 Å². The molecule has 10 heteroatoms. The number of fused-ring (bicyclic) bond motifs is 4. The minimum atomic E-state index is -1.48. The molecule has 2 saturated heterocycles. The van der Waals surface area contributed by atoms with Crippen LogP contribution in [0.1, 0.15) is 41.0 Å². The Morgan fingerprint density at radius 2 is 1.51 bits per heavy atom. The van der Waals surface area contributed by atoms with Crippen LogP contribution in [0, 0.1) is 30.6 Å². The number of anilines is 2. The van der Waals surface area contributed by atoms with Crippen molar-refractivity contribution in [1.82, 2.24) is 5.01 Å². The SMILES string of the molecule is C=Cc1ccc(N2C(=O)[C@H]3[C@H](CC=C4[C@H]3C[C@H]3C(=O)N(Nc5ccc(C)cc5)C(=O)[C@@]3(c3ccccc3)[C@H]4c3cc(OC)c(O)c(OC)c3)C2=O)cc1. The number of nitrogens with one attached hydrogen (secondary N) is 1. The first-order chi connectivity index (χ1) is 25.6. The van der Waals surface area contributed by atoms with Crippen molar-refractivity contribution in [3.63, 3.8) is 0 Å². The molecular weight excluding hydrogens is 670 g/mol. The summed E-state index contributed by atoms with van der Waals surface area (Å²) in [4.78, 5) is 60.2. The van der Waals surface area contributed by atoms with E-state index in [2.05, 4.69) is 12.0 Å². The zero-order valence-corrected chi connectivity index (χ0v) is 29.6. The van der Waals surface area contributed by atoms with Crippen LogP contribution in [0.5, 0.6) is 17.2 Å². The van der Waals surface area contributed by atoms with Crippen LogP contribution >= 0.6 is 0 Å². The number of aryl methyl sites for hydroxylation is 1. The smallest absolute Gasteiger partial charge is 0.260 e. The van der Waals surface area contributed by atoms with Crippen molar-refractivity contribution in [2.75, 3.05) is 24.5 Å². The average molecular weight is 710 g/mol. The van der Waals surface area contributed by atoms with E-state index in [4.69, 9.17) is 9.47 Å². The Bertz CT molecular complexity index is 2170. The second-order valence-electron chi connectivity index (χ2n) is 14.2. The number of hydrazine groups is 1. The number of phenols is 1. The lowest BCUT2D eigenvalue weighted by Gasteiger charge is -2.50. The highest BCUT2D eigenvalue weighted by atomic mass is 16.5. The van der Waals surface area contributed by atoms with Crippen molar-refractivity contribution in [3.05, 3.63) is 131 Å². The summed E-state index contributed by atoms with van der Waals surface area (Å²) in [5.41, 5.74) is 6.52. The number of aromatic hydroxyl groups is 1. The van der Waals surface area contributed by atoms with Gasteiger partial charge in [-0.2, -0.15) is 5.01 Å². The van der Waals surface area contributed by atoms with E-state index in [1.807, 2.05) is 79.7 Å². The van der Waals surface area contributed by atoms with Gasteiger partial charge in [-0.1, -0.05) is 84.5 Å². The van der Waals surface area contributed by atoms with E-state index in [9.17, 15) is 19.5 Å². The largest absolute Gasteiger partial charge is 0.502 e. The molecule has 6 atom stereocenters. The Hall–Kier alpha value is -6.16. The van der Waals surface area contributed by atoms with E-state index in [0.29, 0.717) is 22.5 Å². The van der Waals surface area contributed by atoms with Gasteiger partial charge in [0.25, 0.3) is 11.8 Å². The summed E-state index contributed by atoms with van der Waals surface area (Å²) < 4.78 is 11.2. The summed E-state index contributed by atoms with van der Waals surface area (Å²) in [6.07, 6.45) is 4.11. The van der Waals surface area contributed by atoms with Crippen LogP contribution in [-0.2, 0) is 24.6 Å². The maximum atomic E-state index is 15.4. The molecule has 0 unspecified atom stereocenters. The molecule has 4 amide bonds. The maximum absolute atomic E-state index is 15.4. The summed E-state index contributed by atoms with van der Waals surface area (Å²) in [6.45, 7) is 5.76. The molecule has 4 aliphatic rings. The fourth-order valence-corrected chi connectivity index (χ4v) is 9.22. The second-order valence-corrected chi connectivity index (χ2v) is 14.2. The van der Waals surface area contributed by atoms with Gasteiger partial charge < -0.3 is 14.6 Å². The van der Waals surface area contributed by atoms with E-state index in [0.717, 1.165) is 21.7 Å². The van der Waals surface area contributed by atoms with E-state index >= 15 is 4.79 Å². The van der Waals surface area contributed by atoms with Gasteiger partial charge in [-0.25, -0.2) is 0 Å². The number of amides is 4. The highest BCUT2D eigenvalue weighted by molar-refractivity contribution is 6.22. The summed E-state index contributed by atoms with van der Waals surface area (Å²) in [7, 11) is 2.86. The predicted molar refractivity (Wildman–Crippen MR) is 199 cm³/mol. The molecule has 0 aromatic heterocycles. The highest BCUT2D eigenvalue weighted by Crippen LogP contribution is 2.65. The van der Waals surface area contributed by atoms with E-state index < -0.39 is 46.8 Å². The molecule has 2 aliphatic heterocycles. The van der Waals surface area contributed by atoms with Crippen molar-refractivity contribution in [2.24, 2.45) is 23.7 Å². The number of carbonyl (C=O) groups excluding carboxylic acids is 4. The highest BCUT2D eigenvalue weighted by Gasteiger charge is 2.70. The Morgan fingerprint density at radius 1 is 0.849 bits per heavy atom. The molecule has 0 radical (unpaired) electrons. The first-order valence-corrected chi connectivity index (χ1v) is 17.7. The molecule has 4 aromatic rings. The summed E-state index contributed by atoms with van der Waals surface area (Å²) in [5.74, 6) is -5.17. The first-order valence-electron chi connectivity index (χ1n) is 17.7. The van der Waals surface area contributed by atoms with Gasteiger partial charge >= 0.3 is 0 Å². The Morgan fingerprint density at radius 3 is 2.13 bits per heavy atom. The number of hydrogen-bond acceptors (Lipinski definition) is 8. The van der Waals surface area contributed by atoms with E-state index in [1.165, 1.54) is 19.1 Å². The molecule has 2 N–H and O–H groups in total. The van der Waals surface area contributed by atoms with Crippen LogP contribution in [0.25, 0.3) is 6.08 Å². The number of benzene rings is 4. The fourth-order valence-electron chi connectivity index (χ4n) is 9.22. The normalized spacial score (nSPS) is 26.1. The molecule has 2 aliphatic carbocycles. The molecule has 8 rings (SSSR count). The van der Waals surface area contributed by atoms with Crippen LogP contribution in [-0.4, -0.2) is 48.0 Å². The number of carbonyl (C=O) groups is 4. The third kappa shape index (κ3) is 4.99. The van der Waals surface area contributed by atoms with E-state index in [1.54, 1.807) is 30.3 Å². The molecule has 0 bridgehead atoms. The number of imide groups is 2. The van der Waals surface area contributed by atoms with Gasteiger partial charge in [-0.15, -0.1) is 0 Å². The third-order valence-electron chi connectivity index (χ3n) is 11.6. The number of phenolic OH excluding ortho intramolecular Hbond substituents is 1. The molecule has 268 valence electrons. The molecule has 1 saturated carbocycles. The van der Waals surface area contributed by atoms with E-state index in [-0.39, 0.29) is 41.9 Å². The van der Waals surface area contributed by atoms with Crippen molar-refractivity contribution in [2.45, 2.75) is 31.1 Å². The molecular formula is C43H39N3O7. The molecule has 2 heterocycles. The number of nitrogens with zero attached hydrogens (tertiary/aromatic N) is 2. The summed E-state index contributed by atoms with van der Waals surface area (Å²) in [6, 6.07) is 27.1. The van der Waals surface area contributed by atoms with Gasteiger partial charge in [0.05, 0.1) is 48.8 Å². The number of hydrogen-bond donors (Lipinski definition) is 2. The lowest BCUT2D eigenvalue weighted by atomic mass is 9.49. The zero-order valence-electron chi connectivity index (χ0n) is 29.6. The van der Waals surface area contributed by atoms with Gasteiger partial charge in [0.15, 0.2) is 11.5 Å². The van der Waals surface area contributed by atoms with Crippen LogP contribution in [0.15, 0.2) is 109 Å². The number of methoxy groups -OCH3 is 2. The van der Waals surface area contributed by atoms with Crippen molar-refractivity contribution < 1.29 is 33.8 Å². The number of allylic oxidation sites excluding steroid dienone is 2.